The van der Waals surface area contributed by atoms with Gasteiger partial charge < -0.3 is 14.9 Å². The van der Waals surface area contributed by atoms with Crippen LogP contribution in [0, 0.1) is 46.3 Å². The first-order valence-corrected chi connectivity index (χ1v) is 12.9. The lowest BCUT2D eigenvalue weighted by Crippen LogP contribution is -2.54. The first-order valence-electron chi connectivity index (χ1n) is 12.9. The van der Waals surface area contributed by atoms with Crippen LogP contribution >= 0.6 is 0 Å². The second kappa shape index (κ2) is 7.51. The molecule has 0 radical (unpaired) electrons. The molecule has 170 valence electrons. The van der Waals surface area contributed by atoms with Crippen molar-refractivity contribution < 1.29 is 14.9 Å². The lowest BCUT2D eigenvalue weighted by molar-refractivity contribution is -0.124. The zero-order valence-electron chi connectivity index (χ0n) is 19.7. The molecule has 0 aromatic carbocycles. The molecule has 4 fully saturated rings. The van der Waals surface area contributed by atoms with Crippen molar-refractivity contribution in [2.75, 3.05) is 6.61 Å². The minimum atomic E-state index is -0.0486. The third-order valence-electron chi connectivity index (χ3n) is 11.0. The molecule has 0 aromatic rings. The number of allylic oxidation sites excluding steroid dienone is 1. The molecule has 5 rings (SSSR count). The topological polar surface area (TPSA) is 49.7 Å². The van der Waals surface area contributed by atoms with Crippen LogP contribution in [0.25, 0.3) is 0 Å². The van der Waals surface area contributed by atoms with Crippen LogP contribution in [0.1, 0.15) is 91.9 Å². The van der Waals surface area contributed by atoms with Gasteiger partial charge in [-0.15, -0.1) is 0 Å². The Kier molecular flexibility index (Phi) is 5.33. The van der Waals surface area contributed by atoms with Crippen LogP contribution in [0.15, 0.2) is 11.3 Å². The van der Waals surface area contributed by atoms with E-state index in [2.05, 4.69) is 27.7 Å². The molecule has 2 N–H and O–H groups in total. The average Bonchev–Trinajstić information content (AvgIpc) is 3.20. The highest BCUT2D eigenvalue weighted by Gasteiger charge is 2.64. The van der Waals surface area contributed by atoms with Gasteiger partial charge in [0.1, 0.15) is 6.10 Å². The Labute approximate surface area is 183 Å². The first-order chi connectivity index (χ1) is 14.3. The van der Waals surface area contributed by atoms with E-state index >= 15 is 0 Å². The quantitative estimate of drug-likeness (QED) is 0.618. The Hall–Kier alpha value is -0.540. The summed E-state index contributed by atoms with van der Waals surface area (Å²) in [4.78, 5) is 0. The Balaban J connectivity index is 1.36. The number of ether oxygens (including phenoxy) is 1. The molecular formula is C27H44O3. The summed E-state index contributed by atoms with van der Waals surface area (Å²) in [5.41, 5.74) is 2.39. The Morgan fingerprint density at radius 3 is 2.57 bits per heavy atom. The van der Waals surface area contributed by atoms with Crippen molar-refractivity contribution >= 4 is 0 Å². The van der Waals surface area contributed by atoms with Crippen molar-refractivity contribution in [3.8, 4) is 0 Å². The van der Waals surface area contributed by atoms with Crippen molar-refractivity contribution in [3.63, 3.8) is 0 Å². The van der Waals surface area contributed by atoms with Gasteiger partial charge in [-0.3, -0.25) is 0 Å². The Bertz CT molecular complexity index is 700. The van der Waals surface area contributed by atoms with Gasteiger partial charge in [-0.1, -0.05) is 20.8 Å². The van der Waals surface area contributed by atoms with Crippen LogP contribution in [-0.2, 0) is 4.74 Å². The number of fused-ring (bicyclic) bond motifs is 7. The maximum atomic E-state index is 10.3. The standard InChI is InChI=1S/C27H44O3/c1-16(15-28)5-8-23-17(2)25-24(30-23)14-22-20-7-6-18-13-19(29)9-11-26(18,3)21(20)10-12-27(22,25)4/h16,18-22,24-25,28-29H,5-15H2,1-4H3/t16-,18+,19+,20-,21-,22+,24+,25+,26+,27+/m1/s1. The zero-order chi connectivity index (χ0) is 21.3. The molecule has 1 aliphatic heterocycles. The molecule has 0 aromatic heterocycles. The van der Waals surface area contributed by atoms with Crippen LogP contribution in [-0.4, -0.2) is 29.0 Å². The summed E-state index contributed by atoms with van der Waals surface area (Å²) in [6.07, 6.45) is 12.4. The number of rotatable bonds is 4. The van der Waals surface area contributed by atoms with Gasteiger partial charge in [0.05, 0.1) is 11.9 Å². The van der Waals surface area contributed by atoms with Gasteiger partial charge in [0, 0.05) is 18.9 Å². The average molecular weight is 417 g/mol. The van der Waals surface area contributed by atoms with Crippen molar-refractivity contribution in [1.82, 2.24) is 0 Å². The summed E-state index contributed by atoms with van der Waals surface area (Å²) in [6.45, 7) is 9.94. The van der Waals surface area contributed by atoms with E-state index in [9.17, 15) is 10.2 Å². The summed E-state index contributed by atoms with van der Waals surface area (Å²) in [5, 5.41) is 19.7. The third-order valence-corrected chi connectivity index (χ3v) is 11.0. The zero-order valence-corrected chi connectivity index (χ0v) is 19.7. The molecule has 4 saturated carbocycles. The molecule has 30 heavy (non-hydrogen) atoms. The molecule has 5 aliphatic rings. The summed E-state index contributed by atoms with van der Waals surface area (Å²) in [6, 6.07) is 0. The van der Waals surface area contributed by atoms with Crippen LogP contribution in [0.5, 0.6) is 0 Å². The normalized spacial score (nSPS) is 50.9. The largest absolute Gasteiger partial charge is 0.494 e. The van der Waals surface area contributed by atoms with E-state index in [1.165, 1.54) is 49.9 Å². The highest BCUT2D eigenvalue weighted by molar-refractivity contribution is 5.26. The fraction of sp³-hybridized carbons (Fsp3) is 0.926. The predicted octanol–water partition coefficient (Wildman–Crippen LogP) is 5.70. The molecule has 4 aliphatic carbocycles. The third kappa shape index (κ3) is 3.04. The van der Waals surface area contributed by atoms with E-state index in [1.807, 2.05) is 0 Å². The number of aliphatic hydroxyl groups excluding tert-OH is 2. The number of aliphatic hydroxyl groups is 2. The molecule has 0 saturated heterocycles. The smallest absolute Gasteiger partial charge is 0.106 e. The fourth-order valence-electron chi connectivity index (χ4n) is 9.29. The van der Waals surface area contributed by atoms with E-state index in [4.69, 9.17) is 4.74 Å². The predicted molar refractivity (Wildman–Crippen MR) is 120 cm³/mol. The lowest BCUT2D eigenvalue weighted by atomic mass is 9.44. The van der Waals surface area contributed by atoms with Gasteiger partial charge in [-0.2, -0.15) is 0 Å². The van der Waals surface area contributed by atoms with E-state index < -0.39 is 0 Å². The number of hydrogen-bond donors (Lipinski definition) is 2. The molecule has 0 unspecified atom stereocenters. The van der Waals surface area contributed by atoms with E-state index in [-0.39, 0.29) is 12.7 Å². The first kappa shape index (κ1) is 21.3. The highest BCUT2D eigenvalue weighted by Crippen LogP contribution is 2.69. The molecule has 3 heteroatoms. The fourth-order valence-corrected chi connectivity index (χ4v) is 9.29. The summed E-state index contributed by atoms with van der Waals surface area (Å²) in [5.74, 6) is 5.49. The van der Waals surface area contributed by atoms with Crippen LogP contribution in [0.4, 0.5) is 0 Å². The SMILES string of the molecule is CC1=C(CC[C@@H](C)CO)O[C@H]2C[C@H]3[C@@H]4CC[C@H]5C[C@@H](O)CC[C@]5(C)[C@@H]4CC[C@]3(C)[C@@H]12. The number of hydrogen-bond acceptors (Lipinski definition) is 3. The molecular weight excluding hydrogens is 372 g/mol. The van der Waals surface area contributed by atoms with Crippen molar-refractivity contribution in [1.29, 1.82) is 0 Å². The van der Waals surface area contributed by atoms with Gasteiger partial charge in [0.25, 0.3) is 0 Å². The summed E-state index contributed by atoms with van der Waals surface area (Å²) < 4.78 is 6.64. The minimum absolute atomic E-state index is 0.0486. The molecule has 1 heterocycles. The van der Waals surface area contributed by atoms with Crippen molar-refractivity contribution in [2.45, 2.75) is 104 Å². The van der Waals surface area contributed by atoms with Gasteiger partial charge >= 0.3 is 0 Å². The van der Waals surface area contributed by atoms with Gasteiger partial charge in [0.15, 0.2) is 0 Å². The molecule has 0 bridgehead atoms. The second-order valence-electron chi connectivity index (χ2n) is 12.4. The monoisotopic (exact) mass is 416 g/mol. The molecule has 3 nitrogen and oxygen atoms in total. The summed E-state index contributed by atoms with van der Waals surface area (Å²) >= 11 is 0. The van der Waals surface area contributed by atoms with E-state index in [0.29, 0.717) is 28.8 Å². The molecule has 10 atom stereocenters. The van der Waals surface area contributed by atoms with E-state index in [1.54, 1.807) is 0 Å². The van der Waals surface area contributed by atoms with Crippen LogP contribution in [0.3, 0.4) is 0 Å². The van der Waals surface area contributed by atoms with Crippen molar-refractivity contribution in [3.05, 3.63) is 11.3 Å². The van der Waals surface area contributed by atoms with E-state index in [0.717, 1.165) is 49.4 Å². The lowest BCUT2D eigenvalue weighted by Gasteiger charge is -2.60. The van der Waals surface area contributed by atoms with Crippen LogP contribution in [0.2, 0.25) is 0 Å². The highest BCUT2D eigenvalue weighted by atomic mass is 16.5. The Morgan fingerprint density at radius 2 is 1.80 bits per heavy atom. The minimum Gasteiger partial charge on any atom is -0.494 e. The maximum absolute atomic E-state index is 10.3. The van der Waals surface area contributed by atoms with Gasteiger partial charge in [-0.25, -0.2) is 0 Å². The van der Waals surface area contributed by atoms with Crippen LogP contribution < -0.4 is 0 Å². The Morgan fingerprint density at radius 1 is 1.03 bits per heavy atom. The van der Waals surface area contributed by atoms with Gasteiger partial charge in [-0.05, 0) is 111 Å². The maximum Gasteiger partial charge on any atom is 0.106 e. The second-order valence-corrected chi connectivity index (χ2v) is 12.4. The van der Waals surface area contributed by atoms with Crippen molar-refractivity contribution in [2.24, 2.45) is 46.3 Å². The summed E-state index contributed by atoms with van der Waals surface area (Å²) in [7, 11) is 0. The molecule has 0 amide bonds. The molecule has 0 spiro atoms. The van der Waals surface area contributed by atoms with Gasteiger partial charge in [0.2, 0.25) is 0 Å².